The number of nitrogens with zero attached hydrogens (tertiary/aromatic N) is 1. The van der Waals surface area contributed by atoms with Gasteiger partial charge in [-0.1, -0.05) is 82.0 Å². The van der Waals surface area contributed by atoms with Gasteiger partial charge in [-0.25, -0.2) is 4.79 Å². The van der Waals surface area contributed by atoms with E-state index in [-0.39, 0.29) is 30.0 Å². The summed E-state index contributed by atoms with van der Waals surface area (Å²) in [5, 5.41) is 15.7. The molecule has 3 unspecified atom stereocenters. The molecule has 0 bridgehead atoms. The summed E-state index contributed by atoms with van der Waals surface area (Å²) in [7, 11) is 0. The van der Waals surface area contributed by atoms with Crippen LogP contribution in [0.3, 0.4) is 0 Å². The molecule has 2 aromatic rings. The fraction of sp³-hybridized carbons (Fsp3) is 0.545. The van der Waals surface area contributed by atoms with E-state index in [1.54, 1.807) is 49.9 Å². The highest BCUT2D eigenvalue weighted by atomic mass is 16.6. The standard InChI is InChI=1S/C33H49N3O5/c1-7-9-10-14-22-36(29(26-16-12-11-13-17-26)30(38)34-24(3)15-8-2)31(39)28(35-32(40)41-33(4,5)6)23-25-18-20-27(37)21-19-25/h11-13,16-21,24,28-29,37H,7-10,14-15,22-23H2,1-6H3,(H,34,38)(H,35,40). The third-order valence-corrected chi connectivity index (χ3v) is 6.69. The second-order valence-corrected chi connectivity index (χ2v) is 11.7. The van der Waals surface area contributed by atoms with E-state index in [0.29, 0.717) is 12.1 Å². The van der Waals surface area contributed by atoms with E-state index in [1.165, 1.54) is 0 Å². The molecular formula is C33H49N3O5. The average Bonchev–Trinajstić information content (AvgIpc) is 2.90. The molecule has 0 aromatic heterocycles. The number of amides is 3. The molecular weight excluding hydrogens is 518 g/mol. The lowest BCUT2D eigenvalue weighted by Crippen LogP contribution is -2.54. The van der Waals surface area contributed by atoms with Gasteiger partial charge in [0.05, 0.1) is 0 Å². The van der Waals surface area contributed by atoms with E-state index in [1.807, 2.05) is 37.3 Å². The van der Waals surface area contributed by atoms with Crippen molar-refractivity contribution in [2.75, 3.05) is 6.54 Å². The van der Waals surface area contributed by atoms with Gasteiger partial charge in [0.1, 0.15) is 23.4 Å². The van der Waals surface area contributed by atoms with Crippen LogP contribution in [0.4, 0.5) is 4.79 Å². The molecule has 3 N–H and O–H groups in total. The molecule has 0 saturated carbocycles. The predicted molar refractivity (Wildman–Crippen MR) is 163 cm³/mol. The zero-order valence-corrected chi connectivity index (χ0v) is 25.6. The van der Waals surface area contributed by atoms with Crippen LogP contribution in [0, 0.1) is 0 Å². The minimum Gasteiger partial charge on any atom is -0.508 e. The lowest BCUT2D eigenvalue weighted by Gasteiger charge is -2.35. The van der Waals surface area contributed by atoms with Crippen molar-refractivity contribution in [1.82, 2.24) is 15.5 Å². The summed E-state index contributed by atoms with van der Waals surface area (Å²) in [4.78, 5) is 42.8. The summed E-state index contributed by atoms with van der Waals surface area (Å²) in [5.74, 6) is -0.509. The van der Waals surface area contributed by atoms with Crippen molar-refractivity contribution in [3.63, 3.8) is 0 Å². The molecule has 0 spiro atoms. The van der Waals surface area contributed by atoms with Crippen LogP contribution in [0.5, 0.6) is 5.75 Å². The molecule has 0 aliphatic heterocycles. The van der Waals surface area contributed by atoms with Crippen LogP contribution in [0.2, 0.25) is 0 Å². The van der Waals surface area contributed by atoms with E-state index >= 15 is 0 Å². The Morgan fingerprint density at radius 3 is 2.15 bits per heavy atom. The molecule has 0 saturated heterocycles. The number of hydrogen-bond donors (Lipinski definition) is 3. The topological polar surface area (TPSA) is 108 Å². The van der Waals surface area contributed by atoms with Gasteiger partial charge in [0.15, 0.2) is 0 Å². The summed E-state index contributed by atoms with van der Waals surface area (Å²) < 4.78 is 5.50. The monoisotopic (exact) mass is 567 g/mol. The highest BCUT2D eigenvalue weighted by Crippen LogP contribution is 2.25. The van der Waals surface area contributed by atoms with Crippen molar-refractivity contribution in [3.8, 4) is 5.75 Å². The lowest BCUT2D eigenvalue weighted by molar-refractivity contribution is -0.142. The SMILES string of the molecule is CCCCCCN(C(=O)C(Cc1ccc(O)cc1)NC(=O)OC(C)(C)C)C(C(=O)NC(C)CCC)c1ccccc1. The first-order valence-electron chi connectivity index (χ1n) is 14.9. The zero-order chi connectivity index (χ0) is 30.4. The largest absolute Gasteiger partial charge is 0.508 e. The number of unbranched alkanes of at least 4 members (excludes halogenated alkanes) is 3. The molecule has 226 valence electrons. The molecule has 0 radical (unpaired) electrons. The van der Waals surface area contributed by atoms with Gasteiger partial charge >= 0.3 is 6.09 Å². The fourth-order valence-electron chi connectivity index (χ4n) is 4.73. The predicted octanol–water partition coefficient (Wildman–Crippen LogP) is 6.28. The number of nitrogens with one attached hydrogen (secondary N) is 2. The van der Waals surface area contributed by atoms with Gasteiger partial charge in [0, 0.05) is 19.0 Å². The van der Waals surface area contributed by atoms with Crippen LogP contribution in [0.25, 0.3) is 0 Å². The van der Waals surface area contributed by atoms with Crippen LogP contribution >= 0.6 is 0 Å². The second kappa shape index (κ2) is 16.7. The summed E-state index contributed by atoms with van der Waals surface area (Å²) in [5.41, 5.74) is 0.705. The maximum absolute atomic E-state index is 14.4. The van der Waals surface area contributed by atoms with Crippen molar-refractivity contribution in [3.05, 3.63) is 65.7 Å². The number of carbonyl (C=O) groups is 3. The number of rotatable bonds is 15. The summed E-state index contributed by atoms with van der Waals surface area (Å²) >= 11 is 0. The Morgan fingerprint density at radius 1 is 0.902 bits per heavy atom. The van der Waals surface area contributed by atoms with Gasteiger partial charge in [-0.2, -0.15) is 0 Å². The molecule has 3 amide bonds. The van der Waals surface area contributed by atoms with Crippen molar-refractivity contribution < 1.29 is 24.2 Å². The first-order valence-corrected chi connectivity index (χ1v) is 14.9. The number of phenols is 1. The Bertz CT molecular complexity index is 1080. The van der Waals surface area contributed by atoms with Crippen LogP contribution in [-0.4, -0.2) is 52.1 Å². The van der Waals surface area contributed by atoms with Crippen molar-refractivity contribution in [1.29, 1.82) is 0 Å². The van der Waals surface area contributed by atoms with E-state index in [4.69, 9.17) is 4.74 Å². The highest BCUT2D eigenvalue weighted by Gasteiger charge is 2.36. The molecule has 0 aliphatic carbocycles. The number of hydrogen-bond acceptors (Lipinski definition) is 5. The lowest BCUT2D eigenvalue weighted by atomic mass is 9.99. The molecule has 0 fully saturated rings. The average molecular weight is 568 g/mol. The van der Waals surface area contributed by atoms with E-state index < -0.39 is 23.8 Å². The Morgan fingerprint density at radius 2 is 1.56 bits per heavy atom. The number of ether oxygens (including phenoxy) is 1. The summed E-state index contributed by atoms with van der Waals surface area (Å²) in [6.45, 7) is 11.8. The number of aromatic hydroxyl groups is 1. The van der Waals surface area contributed by atoms with Crippen LogP contribution in [0.15, 0.2) is 54.6 Å². The zero-order valence-electron chi connectivity index (χ0n) is 25.6. The normalized spacial score (nSPS) is 13.5. The summed E-state index contributed by atoms with van der Waals surface area (Å²) in [6, 6.07) is 13.9. The van der Waals surface area contributed by atoms with Crippen molar-refractivity contribution in [2.24, 2.45) is 0 Å². The molecule has 8 heteroatoms. The minimum atomic E-state index is -0.993. The number of alkyl carbamates (subject to hydrolysis) is 1. The van der Waals surface area contributed by atoms with Crippen LogP contribution in [-0.2, 0) is 20.7 Å². The quantitative estimate of drug-likeness (QED) is 0.220. The Hall–Kier alpha value is -3.55. The Kier molecular flexibility index (Phi) is 13.7. The smallest absolute Gasteiger partial charge is 0.408 e. The van der Waals surface area contributed by atoms with Gasteiger partial charge in [0.25, 0.3) is 0 Å². The van der Waals surface area contributed by atoms with Gasteiger partial charge < -0.3 is 25.4 Å². The third-order valence-electron chi connectivity index (χ3n) is 6.69. The molecule has 0 heterocycles. The van der Waals surface area contributed by atoms with Gasteiger partial charge in [-0.3, -0.25) is 9.59 Å². The molecule has 2 rings (SSSR count). The van der Waals surface area contributed by atoms with E-state index in [9.17, 15) is 19.5 Å². The second-order valence-electron chi connectivity index (χ2n) is 11.7. The number of carbonyl (C=O) groups excluding carboxylic acids is 3. The van der Waals surface area contributed by atoms with Crippen LogP contribution in [0.1, 0.15) is 97.2 Å². The number of phenolic OH excluding ortho intramolecular Hbond substituents is 1. The van der Waals surface area contributed by atoms with E-state index in [2.05, 4.69) is 24.5 Å². The number of benzene rings is 2. The summed E-state index contributed by atoms with van der Waals surface area (Å²) in [6.07, 6.45) is 4.89. The van der Waals surface area contributed by atoms with Gasteiger partial charge in [-0.15, -0.1) is 0 Å². The molecule has 8 nitrogen and oxygen atoms in total. The van der Waals surface area contributed by atoms with Gasteiger partial charge in [-0.05, 0) is 63.8 Å². The molecule has 0 aliphatic rings. The highest BCUT2D eigenvalue weighted by molar-refractivity contribution is 5.92. The fourth-order valence-corrected chi connectivity index (χ4v) is 4.73. The Balaban J connectivity index is 2.52. The maximum atomic E-state index is 14.4. The van der Waals surface area contributed by atoms with E-state index in [0.717, 1.165) is 44.1 Å². The molecule has 41 heavy (non-hydrogen) atoms. The maximum Gasteiger partial charge on any atom is 0.408 e. The van der Waals surface area contributed by atoms with Crippen molar-refractivity contribution in [2.45, 2.75) is 110 Å². The third kappa shape index (κ3) is 11.8. The Labute approximate surface area is 245 Å². The minimum absolute atomic E-state index is 0.0524. The molecule has 3 atom stereocenters. The van der Waals surface area contributed by atoms with Crippen LogP contribution < -0.4 is 10.6 Å². The first kappa shape index (κ1) is 33.7. The molecule has 2 aromatic carbocycles. The van der Waals surface area contributed by atoms with Crippen molar-refractivity contribution >= 4 is 17.9 Å². The van der Waals surface area contributed by atoms with Gasteiger partial charge in [0.2, 0.25) is 11.8 Å². The first-order chi connectivity index (χ1) is 19.4.